The van der Waals surface area contributed by atoms with E-state index in [4.69, 9.17) is 34.8 Å². The minimum atomic E-state index is -0.629. The summed E-state index contributed by atoms with van der Waals surface area (Å²) in [6, 6.07) is 11.3. The number of H-pyrrole nitrogens is 1. The van der Waals surface area contributed by atoms with Crippen molar-refractivity contribution in [1.29, 1.82) is 0 Å². The molecule has 0 fully saturated rings. The van der Waals surface area contributed by atoms with E-state index in [1.807, 2.05) is 0 Å². The third-order valence-electron chi connectivity index (χ3n) is 3.06. The van der Waals surface area contributed by atoms with Crippen molar-refractivity contribution in [3.05, 3.63) is 79.4 Å². The molecular weight excluding hydrogens is 361 g/mol. The molecule has 116 valence electrons. The van der Waals surface area contributed by atoms with Crippen LogP contribution < -0.4 is 5.69 Å². The van der Waals surface area contributed by atoms with Gasteiger partial charge in [-0.1, -0.05) is 65.1 Å². The summed E-state index contributed by atoms with van der Waals surface area (Å²) in [7, 11) is 0. The van der Waals surface area contributed by atoms with Crippen molar-refractivity contribution in [1.82, 2.24) is 14.8 Å². The van der Waals surface area contributed by atoms with Gasteiger partial charge in [0.15, 0.2) is 0 Å². The van der Waals surface area contributed by atoms with E-state index in [-0.39, 0.29) is 21.6 Å². The van der Waals surface area contributed by atoms with E-state index in [1.165, 1.54) is 12.1 Å². The lowest BCUT2D eigenvalue weighted by Gasteiger charge is -2.05. The standard InChI is InChI=1S/C15H8Cl3N3O2/c16-9-6-10(17)12(11(18)7-9)21-15(23)19-14(20-21)13(22)8-4-2-1-3-5-8/h1-7H,(H,19,20,23). The second kappa shape index (κ2) is 6.20. The summed E-state index contributed by atoms with van der Waals surface area (Å²) < 4.78 is 0.942. The fourth-order valence-corrected chi connectivity index (χ4v) is 3.02. The minimum Gasteiger partial charge on any atom is -0.286 e. The Morgan fingerprint density at radius 3 is 2.26 bits per heavy atom. The van der Waals surface area contributed by atoms with Crippen LogP contribution in [0.2, 0.25) is 15.1 Å². The number of aromatic nitrogens is 3. The van der Waals surface area contributed by atoms with Crippen LogP contribution in [0.4, 0.5) is 0 Å². The number of aromatic amines is 1. The molecule has 0 radical (unpaired) electrons. The van der Waals surface area contributed by atoms with E-state index < -0.39 is 11.5 Å². The normalized spacial score (nSPS) is 10.7. The molecule has 0 saturated heterocycles. The van der Waals surface area contributed by atoms with Gasteiger partial charge in [0.1, 0.15) is 5.69 Å². The first-order chi connectivity index (χ1) is 11.0. The number of rotatable bonds is 3. The first-order valence-electron chi connectivity index (χ1n) is 6.41. The molecule has 0 saturated carbocycles. The Labute approximate surface area is 145 Å². The maximum Gasteiger partial charge on any atom is 0.348 e. The number of hydrogen-bond acceptors (Lipinski definition) is 3. The minimum absolute atomic E-state index is 0.108. The van der Waals surface area contributed by atoms with Crippen LogP contribution in [0, 0.1) is 0 Å². The lowest BCUT2D eigenvalue weighted by atomic mass is 10.1. The van der Waals surface area contributed by atoms with Crippen molar-refractivity contribution in [2.75, 3.05) is 0 Å². The van der Waals surface area contributed by atoms with Gasteiger partial charge in [-0.15, -0.1) is 5.10 Å². The van der Waals surface area contributed by atoms with Crippen LogP contribution in [0.15, 0.2) is 47.3 Å². The van der Waals surface area contributed by atoms with Gasteiger partial charge in [-0.3, -0.25) is 9.78 Å². The number of halogens is 3. The van der Waals surface area contributed by atoms with Crippen molar-refractivity contribution < 1.29 is 4.79 Å². The number of ketones is 1. The Morgan fingerprint density at radius 2 is 1.65 bits per heavy atom. The fraction of sp³-hybridized carbons (Fsp3) is 0. The predicted octanol–water partition coefficient (Wildman–Crippen LogP) is 3.75. The van der Waals surface area contributed by atoms with Crippen LogP contribution in [0.3, 0.4) is 0 Å². The molecule has 0 atom stereocenters. The molecule has 0 spiro atoms. The Morgan fingerprint density at radius 1 is 1.04 bits per heavy atom. The number of nitrogens with one attached hydrogen (secondary N) is 1. The molecule has 0 aliphatic rings. The van der Waals surface area contributed by atoms with Gasteiger partial charge in [0.2, 0.25) is 11.6 Å². The van der Waals surface area contributed by atoms with E-state index in [0.29, 0.717) is 10.6 Å². The van der Waals surface area contributed by atoms with Crippen molar-refractivity contribution in [2.45, 2.75) is 0 Å². The molecule has 0 bridgehead atoms. The highest BCUT2D eigenvalue weighted by molar-refractivity contribution is 6.40. The van der Waals surface area contributed by atoms with Gasteiger partial charge in [0.25, 0.3) is 0 Å². The maximum absolute atomic E-state index is 12.3. The van der Waals surface area contributed by atoms with Gasteiger partial charge in [-0.25, -0.2) is 4.79 Å². The van der Waals surface area contributed by atoms with Crippen LogP contribution in [-0.4, -0.2) is 20.5 Å². The molecule has 0 unspecified atom stereocenters. The number of carbonyl (C=O) groups is 1. The fourth-order valence-electron chi connectivity index (χ4n) is 2.04. The van der Waals surface area contributed by atoms with Crippen molar-refractivity contribution in [3.63, 3.8) is 0 Å². The molecule has 1 N–H and O–H groups in total. The highest BCUT2D eigenvalue weighted by Gasteiger charge is 2.19. The first-order valence-corrected chi connectivity index (χ1v) is 7.55. The lowest BCUT2D eigenvalue weighted by Crippen LogP contribution is -2.16. The van der Waals surface area contributed by atoms with Crippen LogP contribution >= 0.6 is 34.8 Å². The summed E-state index contributed by atoms with van der Waals surface area (Å²) in [5, 5.41) is 4.62. The summed E-state index contributed by atoms with van der Waals surface area (Å²) in [4.78, 5) is 26.8. The quantitative estimate of drug-likeness (QED) is 0.716. The summed E-state index contributed by atoms with van der Waals surface area (Å²) in [6.07, 6.45) is 0. The number of benzene rings is 2. The first kappa shape index (κ1) is 15.8. The summed E-state index contributed by atoms with van der Waals surface area (Å²) in [6.45, 7) is 0. The van der Waals surface area contributed by atoms with E-state index in [2.05, 4.69) is 10.1 Å². The highest BCUT2D eigenvalue weighted by atomic mass is 35.5. The zero-order valence-corrected chi connectivity index (χ0v) is 13.7. The van der Waals surface area contributed by atoms with Crippen molar-refractivity contribution >= 4 is 40.6 Å². The molecule has 0 aliphatic carbocycles. The molecule has 0 amide bonds. The SMILES string of the molecule is O=C(c1ccccc1)c1nn(-c2c(Cl)cc(Cl)cc2Cl)c(=O)[nH]1. The average molecular weight is 369 g/mol. The van der Waals surface area contributed by atoms with Gasteiger partial charge in [-0.2, -0.15) is 4.68 Å². The average Bonchev–Trinajstić information content (AvgIpc) is 2.88. The molecule has 8 heteroatoms. The van der Waals surface area contributed by atoms with Crippen molar-refractivity contribution in [2.24, 2.45) is 0 Å². The second-order valence-electron chi connectivity index (χ2n) is 4.60. The molecule has 1 heterocycles. The Hall–Kier alpha value is -2.08. The Bertz CT molecular complexity index is 925. The summed E-state index contributed by atoms with van der Waals surface area (Å²) >= 11 is 18.0. The number of carbonyl (C=O) groups excluding carboxylic acids is 1. The van der Waals surface area contributed by atoms with Gasteiger partial charge >= 0.3 is 5.69 Å². The molecule has 3 rings (SSSR count). The molecule has 5 nitrogen and oxygen atoms in total. The van der Waals surface area contributed by atoms with Gasteiger partial charge in [-0.05, 0) is 12.1 Å². The molecule has 0 aliphatic heterocycles. The summed E-state index contributed by atoms with van der Waals surface area (Å²) in [5.74, 6) is -0.522. The Balaban J connectivity index is 2.10. The van der Waals surface area contributed by atoms with Crippen LogP contribution in [0.1, 0.15) is 16.2 Å². The van der Waals surface area contributed by atoms with Crippen molar-refractivity contribution in [3.8, 4) is 5.69 Å². The van der Waals surface area contributed by atoms with Crippen LogP contribution in [0.25, 0.3) is 5.69 Å². The van der Waals surface area contributed by atoms with Gasteiger partial charge < -0.3 is 0 Å². The molecule has 23 heavy (non-hydrogen) atoms. The lowest BCUT2D eigenvalue weighted by molar-refractivity contribution is 0.102. The van der Waals surface area contributed by atoms with E-state index in [1.54, 1.807) is 30.3 Å². The predicted molar refractivity (Wildman–Crippen MR) is 89.1 cm³/mol. The number of nitrogens with zero attached hydrogens (tertiary/aromatic N) is 2. The third-order valence-corrected chi connectivity index (χ3v) is 3.86. The van der Waals surface area contributed by atoms with Crippen LogP contribution in [0.5, 0.6) is 0 Å². The summed E-state index contributed by atoms with van der Waals surface area (Å²) in [5.41, 5.74) is -0.0665. The largest absolute Gasteiger partial charge is 0.348 e. The van der Waals surface area contributed by atoms with E-state index >= 15 is 0 Å². The van der Waals surface area contributed by atoms with Gasteiger partial charge in [0, 0.05) is 10.6 Å². The molecule has 2 aromatic carbocycles. The smallest absolute Gasteiger partial charge is 0.286 e. The van der Waals surface area contributed by atoms with Crippen LogP contribution in [-0.2, 0) is 0 Å². The number of hydrogen-bond donors (Lipinski definition) is 1. The molecule has 1 aromatic heterocycles. The monoisotopic (exact) mass is 367 g/mol. The molecular formula is C15H8Cl3N3O2. The Kier molecular flexibility index (Phi) is 4.26. The third kappa shape index (κ3) is 3.03. The zero-order chi connectivity index (χ0) is 16.6. The van der Waals surface area contributed by atoms with E-state index in [9.17, 15) is 9.59 Å². The maximum atomic E-state index is 12.3. The topological polar surface area (TPSA) is 67.8 Å². The second-order valence-corrected chi connectivity index (χ2v) is 5.85. The van der Waals surface area contributed by atoms with Gasteiger partial charge in [0.05, 0.1) is 10.0 Å². The highest BCUT2D eigenvalue weighted by Crippen LogP contribution is 2.30. The molecule has 3 aromatic rings. The van der Waals surface area contributed by atoms with E-state index in [0.717, 1.165) is 4.68 Å². The zero-order valence-electron chi connectivity index (χ0n) is 11.4.